The molecule has 0 radical (unpaired) electrons. The van der Waals surface area contributed by atoms with E-state index in [4.69, 9.17) is 15.2 Å². The van der Waals surface area contributed by atoms with Crippen molar-refractivity contribution in [1.29, 1.82) is 0 Å². The molecule has 0 unspecified atom stereocenters. The van der Waals surface area contributed by atoms with Gasteiger partial charge in [0.05, 0.1) is 12.6 Å². The standard InChI is InChI=1S/C7H16N2O3/c1-5(8)7(10)9-4-6(11-2)12-3/h5-6H,4,8H2,1-3H3,(H,9,10)/t5-/m1/s1. The van der Waals surface area contributed by atoms with Crippen LogP contribution in [0.4, 0.5) is 0 Å². The molecule has 1 amide bonds. The van der Waals surface area contributed by atoms with Gasteiger partial charge < -0.3 is 20.5 Å². The number of hydrogen-bond acceptors (Lipinski definition) is 4. The van der Waals surface area contributed by atoms with Crippen LogP contribution in [0.2, 0.25) is 0 Å². The second-order valence-corrected chi connectivity index (χ2v) is 2.43. The summed E-state index contributed by atoms with van der Waals surface area (Å²) in [5.41, 5.74) is 5.31. The van der Waals surface area contributed by atoms with Crippen molar-refractivity contribution in [2.45, 2.75) is 19.3 Å². The molecule has 3 N–H and O–H groups in total. The summed E-state index contributed by atoms with van der Waals surface area (Å²) in [6.45, 7) is 1.93. The SMILES string of the molecule is COC(CNC(=O)[C@@H](C)N)OC. The van der Waals surface area contributed by atoms with Gasteiger partial charge in [-0.25, -0.2) is 0 Å². The molecule has 0 saturated heterocycles. The predicted molar refractivity (Wildman–Crippen MR) is 44.5 cm³/mol. The van der Waals surface area contributed by atoms with Gasteiger partial charge in [0.2, 0.25) is 5.91 Å². The zero-order valence-corrected chi connectivity index (χ0v) is 7.66. The molecule has 0 aliphatic carbocycles. The monoisotopic (exact) mass is 176 g/mol. The number of amides is 1. The normalized spacial score (nSPS) is 13.1. The van der Waals surface area contributed by atoms with E-state index in [-0.39, 0.29) is 5.91 Å². The average Bonchev–Trinajstić information content (AvgIpc) is 2.05. The number of ether oxygens (including phenoxy) is 2. The van der Waals surface area contributed by atoms with Crippen LogP contribution in [-0.4, -0.2) is 39.0 Å². The Morgan fingerprint density at radius 2 is 2.00 bits per heavy atom. The summed E-state index contributed by atoms with van der Waals surface area (Å²) in [6.07, 6.45) is -0.410. The van der Waals surface area contributed by atoms with Gasteiger partial charge in [-0.2, -0.15) is 0 Å². The van der Waals surface area contributed by atoms with Gasteiger partial charge in [-0.15, -0.1) is 0 Å². The Hall–Kier alpha value is -0.650. The van der Waals surface area contributed by atoms with Crippen LogP contribution >= 0.6 is 0 Å². The Morgan fingerprint density at radius 3 is 2.33 bits per heavy atom. The molecule has 0 aromatic carbocycles. The fourth-order valence-electron chi connectivity index (χ4n) is 0.608. The second kappa shape index (κ2) is 5.93. The molecule has 0 spiro atoms. The third kappa shape index (κ3) is 4.27. The number of carbonyl (C=O) groups excluding carboxylic acids is 1. The lowest BCUT2D eigenvalue weighted by atomic mass is 10.3. The van der Waals surface area contributed by atoms with Crippen molar-refractivity contribution in [2.24, 2.45) is 5.73 Å². The van der Waals surface area contributed by atoms with E-state index in [1.165, 1.54) is 14.2 Å². The Kier molecular flexibility index (Phi) is 5.61. The van der Waals surface area contributed by atoms with Gasteiger partial charge in [-0.05, 0) is 6.92 Å². The number of methoxy groups -OCH3 is 2. The summed E-state index contributed by atoms with van der Waals surface area (Å²) in [4.78, 5) is 10.9. The van der Waals surface area contributed by atoms with Crippen molar-refractivity contribution in [3.63, 3.8) is 0 Å². The van der Waals surface area contributed by atoms with Gasteiger partial charge in [0.25, 0.3) is 0 Å². The molecule has 0 bridgehead atoms. The van der Waals surface area contributed by atoms with Gasteiger partial charge in [-0.3, -0.25) is 4.79 Å². The van der Waals surface area contributed by atoms with Crippen molar-refractivity contribution in [3.8, 4) is 0 Å². The summed E-state index contributed by atoms with van der Waals surface area (Å²) < 4.78 is 9.70. The summed E-state index contributed by atoms with van der Waals surface area (Å²) >= 11 is 0. The number of rotatable bonds is 5. The molecule has 0 saturated carbocycles. The lowest BCUT2D eigenvalue weighted by molar-refractivity contribution is -0.128. The van der Waals surface area contributed by atoms with Crippen LogP contribution in [0.3, 0.4) is 0 Å². The van der Waals surface area contributed by atoms with Crippen LogP contribution in [0.25, 0.3) is 0 Å². The maximum Gasteiger partial charge on any atom is 0.236 e. The van der Waals surface area contributed by atoms with Crippen LogP contribution in [0, 0.1) is 0 Å². The van der Waals surface area contributed by atoms with E-state index in [1.807, 2.05) is 0 Å². The van der Waals surface area contributed by atoms with Crippen molar-refractivity contribution in [2.75, 3.05) is 20.8 Å². The molecular weight excluding hydrogens is 160 g/mol. The van der Waals surface area contributed by atoms with Crippen molar-refractivity contribution >= 4 is 5.91 Å². The molecular formula is C7H16N2O3. The summed E-state index contributed by atoms with van der Waals surface area (Å²) in [6, 6.07) is -0.501. The molecule has 0 aliphatic heterocycles. The third-order valence-electron chi connectivity index (χ3n) is 1.38. The van der Waals surface area contributed by atoms with Crippen LogP contribution in [0.1, 0.15) is 6.92 Å². The van der Waals surface area contributed by atoms with E-state index in [0.717, 1.165) is 0 Å². The summed E-state index contributed by atoms with van der Waals surface area (Å²) in [5, 5.41) is 2.57. The van der Waals surface area contributed by atoms with Gasteiger partial charge >= 0.3 is 0 Å². The number of nitrogens with two attached hydrogens (primary N) is 1. The molecule has 0 fully saturated rings. The highest BCUT2D eigenvalue weighted by atomic mass is 16.7. The molecule has 0 aromatic rings. The largest absolute Gasteiger partial charge is 0.354 e. The molecule has 1 atom stereocenters. The Bertz CT molecular complexity index is 135. The first-order valence-corrected chi connectivity index (χ1v) is 3.70. The molecule has 72 valence electrons. The minimum absolute atomic E-state index is 0.214. The van der Waals surface area contributed by atoms with Crippen LogP contribution < -0.4 is 11.1 Å². The number of carbonyl (C=O) groups is 1. The minimum Gasteiger partial charge on any atom is -0.354 e. The highest BCUT2D eigenvalue weighted by Crippen LogP contribution is 1.87. The Labute approximate surface area is 72.2 Å². The number of hydrogen-bond donors (Lipinski definition) is 2. The van der Waals surface area contributed by atoms with Crippen molar-refractivity contribution in [3.05, 3.63) is 0 Å². The highest BCUT2D eigenvalue weighted by molar-refractivity contribution is 5.80. The summed E-state index contributed by atoms with van der Waals surface area (Å²) in [7, 11) is 3.01. The van der Waals surface area contributed by atoms with E-state index in [2.05, 4.69) is 5.32 Å². The smallest absolute Gasteiger partial charge is 0.236 e. The quantitative estimate of drug-likeness (QED) is 0.531. The first-order valence-electron chi connectivity index (χ1n) is 3.70. The summed E-state index contributed by atoms with van der Waals surface area (Å²) in [5.74, 6) is -0.214. The second-order valence-electron chi connectivity index (χ2n) is 2.43. The number of nitrogens with one attached hydrogen (secondary N) is 1. The molecule has 5 heteroatoms. The van der Waals surface area contributed by atoms with Crippen molar-refractivity contribution < 1.29 is 14.3 Å². The zero-order valence-electron chi connectivity index (χ0n) is 7.66. The fraction of sp³-hybridized carbons (Fsp3) is 0.857. The topological polar surface area (TPSA) is 73.6 Å². The molecule has 5 nitrogen and oxygen atoms in total. The van der Waals surface area contributed by atoms with E-state index in [1.54, 1.807) is 6.92 Å². The van der Waals surface area contributed by atoms with Gasteiger partial charge in [-0.1, -0.05) is 0 Å². The molecule has 0 rings (SSSR count). The molecule has 0 heterocycles. The molecule has 12 heavy (non-hydrogen) atoms. The first kappa shape index (κ1) is 11.4. The minimum atomic E-state index is -0.501. The molecule has 0 aromatic heterocycles. The van der Waals surface area contributed by atoms with Crippen molar-refractivity contribution in [1.82, 2.24) is 5.32 Å². The van der Waals surface area contributed by atoms with Crippen LogP contribution in [-0.2, 0) is 14.3 Å². The lowest BCUT2D eigenvalue weighted by Gasteiger charge is -2.14. The van der Waals surface area contributed by atoms with E-state index in [0.29, 0.717) is 6.54 Å². The first-order chi connectivity index (χ1) is 5.61. The zero-order chi connectivity index (χ0) is 9.56. The Balaban J connectivity index is 3.59. The lowest BCUT2D eigenvalue weighted by Crippen LogP contribution is -2.42. The maximum atomic E-state index is 10.9. The molecule has 0 aliphatic rings. The average molecular weight is 176 g/mol. The van der Waals surface area contributed by atoms with Crippen LogP contribution in [0.5, 0.6) is 0 Å². The fourth-order valence-corrected chi connectivity index (χ4v) is 0.608. The van der Waals surface area contributed by atoms with E-state index in [9.17, 15) is 4.79 Å². The van der Waals surface area contributed by atoms with Gasteiger partial charge in [0.15, 0.2) is 6.29 Å². The van der Waals surface area contributed by atoms with Gasteiger partial charge in [0.1, 0.15) is 0 Å². The maximum absolute atomic E-state index is 10.9. The van der Waals surface area contributed by atoms with E-state index >= 15 is 0 Å². The Morgan fingerprint density at radius 1 is 1.50 bits per heavy atom. The predicted octanol–water partition coefficient (Wildman–Crippen LogP) is -0.931. The van der Waals surface area contributed by atoms with E-state index < -0.39 is 12.3 Å². The van der Waals surface area contributed by atoms with Crippen LogP contribution in [0.15, 0.2) is 0 Å². The van der Waals surface area contributed by atoms with Gasteiger partial charge in [0, 0.05) is 14.2 Å². The highest BCUT2D eigenvalue weighted by Gasteiger charge is 2.10. The third-order valence-corrected chi connectivity index (χ3v) is 1.38.